The lowest BCUT2D eigenvalue weighted by atomic mass is 10.0. The summed E-state index contributed by atoms with van der Waals surface area (Å²) in [6.07, 6.45) is 2.61. The molecule has 0 aromatic rings. The summed E-state index contributed by atoms with van der Waals surface area (Å²) in [4.78, 5) is 10.9. The predicted octanol–water partition coefficient (Wildman–Crippen LogP) is 1.15. The fraction of sp³-hybridized carbons (Fsp3) is 0.625. The highest BCUT2D eigenvalue weighted by atomic mass is 16.3. The number of aliphatic hydroxyl groups is 1. The van der Waals surface area contributed by atoms with Crippen LogP contribution in [0, 0.1) is 5.92 Å². The Kier molecular flexibility index (Phi) is 3.96. The summed E-state index contributed by atoms with van der Waals surface area (Å²) in [7, 11) is 0. The minimum Gasteiger partial charge on any atom is -0.393 e. The average Bonchev–Trinajstić information content (AvgIpc) is 1.87. The summed E-state index contributed by atoms with van der Waals surface area (Å²) in [6.45, 7) is 5.12. The largest absolute Gasteiger partial charge is 0.393 e. The molecule has 2 atom stereocenters. The van der Waals surface area contributed by atoms with Crippen LogP contribution in [0.1, 0.15) is 20.8 Å². The van der Waals surface area contributed by atoms with Gasteiger partial charge in [-0.2, -0.15) is 0 Å². The highest BCUT2D eigenvalue weighted by molar-refractivity contribution is 5.91. The number of aliphatic hydroxyl groups excluding tert-OH is 1. The van der Waals surface area contributed by atoms with Gasteiger partial charge < -0.3 is 5.11 Å². The number of rotatable bonds is 3. The molecule has 2 unspecified atom stereocenters. The molecule has 0 aromatic heterocycles. The zero-order chi connectivity index (χ0) is 8.15. The van der Waals surface area contributed by atoms with Crippen molar-refractivity contribution in [3.05, 3.63) is 12.2 Å². The van der Waals surface area contributed by atoms with Crippen LogP contribution >= 0.6 is 0 Å². The zero-order valence-corrected chi connectivity index (χ0v) is 6.66. The number of carbonyl (C=O) groups excluding carboxylic acids is 1. The zero-order valence-electron chi connectivity index (χ0n) is 6.66. The van der Waals surface area contributed by atoms with E-state index in [1.165, 1.54) is 6.08 Å². The van der Waals surface area contributed by atoms with Gasteiger partial charge in [0, 0.05) is 5.92 Å². The molecule has 2 nitrogen and oxygen atoms in total. The third-order valence-electron chi connectivity index (χ3n) is 1.50. The molecule has 0 fully saturated rings. The Balaban J connectivity index is 3.95. The van der Waals surface area contributed by atoms with Gasteiger partial charge in [-0.1, -0.05) is 13.0 Å². The van der Waals surface area contributed by atoms with Crippen LogP contribution in [0.15, 0.2) is 12.2 Å². The van der Waals surface area contributed by atoms with Crippen molar-refractivity contribution >= 4 is 5.78 Å². The normalized spacial score (nSPS) is 17.2. The van der Waals surface area contributed by atoms with Crippen LogP contribution in [0.5, 0.6) is 0 Å². The summed E-state index contributed by atoms with van der Waals surface area (Å²) in [5.41, 5.74) is 0. The van der Waals surface area contributed by atoms with Crippen LogP contribution in [0.4, 0.5) is 0 Å². The number of hydrogen-bond donors (Lipinski definition) is 1. The molecular weight excluding hydrogens is 128 g/mol. The highest BCUT2D eigenvalue weighted by Crippen LogP contribution is 2.03. The predicted molar refractivity (Wildman–Crippen MR) is 40.7 cm³/mol. The second-order valence-corrected chi connectivity index (χ2v) is 2.43. The van der Waals surface area contributed by atoms with E-state index in [1.54, 1.807) is 26.8 Å². The van der Waals surface area contributed by atoms with Gasteiger partial charge in [0.15, 0.2) is 5.78 Å². The molecule has 0 saturated carbocycles. The molecule has 0 heterocycles. The Morgan fingerprint density at radius 1 is 1.50 bits per heavy atom. The molecule has 58 valence electrons. The maximum atomic E-state index is 10.9. The molecule has 0 aromatic carbocycles. The van der Waals surface area contributed by atoms with E-state index in [9.17, 15) is 4.79 Å². The van der Waals surface area contributed by atoms with Gasteiger partial charge >= 0.3 is 0 Å². The molecule has 0 aliphatic carbocycles. The Hall–Kier alpha value is -0.630. The first-order chi connectivity index (χ1) is 4.59. The van der Waals surface area contributed by atoms with E-state index >= 15 is 0 Å². The van der Waals surface area contributed by atoms with Crippen molar-refractivity contribution in [2.75, 3.05) is 0 Å². The van der Waals surface area contributed by atoms with Crippen LogP contribution in [0.25, 0.3) is 0 Å². The molecule has 0 rings (SSSR count). The summed E-state index contributed by atoms with van der Waals surface area (Å²) in [5.74, 6) is -0.298. The van der Waals surface area contributed by atoms with Gasteiger partial charge in [-0.15, -0.1) is 0 Å². The molecule has 0 amide bonds. The third-order valence-corrected chi connectivity index (χ3v) is 1.50. The Morgan fingerprint density at radius 2 is 2.00 bits per heavy atom. The minimum atomic E-state index is -0.552. The van der Waals surface area contributed by atoms with Crippen LogP contribution in [-0.2, 0) is 4.79 Å². The molecule has 0 aliphatic rings. The Labute approximate surface area is 61.6 Å². The van der Waals surface area contributed by atoms with Gasteiger partial charge in [0.2, 0.25) is 0 Å². The number of allylic oxidation sites excluding steroid dienone is 2. The third kappa shape index (κ3) is 2.78. The first kappa shape index (κ1) is 9.37. The molecule has 0 aliphatic heterocycles. The monoisotopic (exact) mass is 142 g/mol. The van der Waals surface area contributed by atoms with Crippen molar-refractivity contribution in [2.24, 2.45) is 5.92 Å². The summed E-state index contributed by atoms with van der Waals surface area (Å²) >= 11 is 0. The lowest BCUT2D eigenvalue weighted by molar-refractivity contribution is -0.120. The van der Waals surface area contributed by atoms with E-state index in [1.807, 2.05) is 0 Å². The minimum absolute atomic E-state index is 0.0162. The van der Waals surface area contributed by atoms with E-state index in [-0.39, 0.29) is 11.7 Å². The van der Waals surface area contributed by atoms with Crippen molar-refractivity contribution in [2.45, 2.75) is 26.9 Å². The average molecular weight is 142 g/mol. The van der Waals surface area contributed by atoms with Crippen LogP contribution in [0.3, 0.4) is 0 Å². The van der Waals surface area contributed by atoms with Gasteiger partial charge in [-0.3, -0.25) is 4.79 Å². The van der Waals surface area contributed by atoms with Crippen LogP contribution < -0.4 is 0 Å². The van der Waals surface area contributed by atoms with E-state index in [2.05, 4.69) is 0 Å². The molecule has 0 bridgehead atoms. The van der Waals surface area contributed by atoms with Crippen molar-refractivity contribution in [3.63, 3.8) is 0 Å². The molecule has 0 saturated heterocycles. The van der Waals surface area contributed by atoms with E-state index < -0.39 is 6.10 Å². The first-order valence-electron chi connectivity index (χ1n) is 3.44. The van der Waals surface area contributed by atoms with Gasteiger partial charge in [-0.05, 0) is 19.9 Å². The SMILES string of the molecule is CC=CC(=O)C(C)C(C)O. The molecule has 10 heavy (non-hydrogen) atoms. The van der Waals surface area contributed by atoms with E-state index in [0.29, 0.717) is 0 Å². The molecule has 2 heteroatoms. The second-order valence-electron chi connectivity index (χ2n) is 2.43. The first-order valence-corrected chi connectivity index (χ1v) is 3.44. The number of carbonyl (C=O) groups is 1. The Bertz CT molecular complexity index is 136. The lowest BCUT2D eigenvalue weighted by Gasteiger charge is -2.09. The van der Waals surface area contributed by atoms with Crippen LogP contribution in [-0.4, -0.2) is 17.0 Å². The molecule has 0 spiro atoms. The van der Waals surface area contributed by atoms with Crippen molar-refractivity contribution < 1.29 is 9.90 Å². The number of ketones is 1. The lowest BCUT2D eigenvalue weighted by Crippen LogP contribution is -2.20. The van der Waals surface area contributed by atoms with E-state index in [4.69, 9.17) is 5.11 Å². The van der Waals surface area contributed by atoms with E-state index in [0.717, 1.165) is 0 Å². The fourth-order valence-electron chi connectivity index (χ4n) is 0.554. The standard InChI is InChI=1S/C8H14O2/c1-4-5-8(10)6(2)7(3)9/h4-7,9H,1-3H3. The quantitative estimate of drug-likeness (QED) is 0.600. The van der Waals surface area contributed by atoms with Crippen molar-refractivity contribution in [1.29, 1.82) is 0 Å². The molecule has 0 radical (unpaired) electrons. The topological polar surface area (TPSA) is 37.3 Å². The summed E-state index contributed by atoms with van der Waals surface area (Å²) in [5, 5.41) is 8.96. The van der Waals surface area contributed by atoms with Crippen molar-refractivity contribution in [1.82, 2.24) is 0 Å². The maximum Gasteiger partial charge on any atom is 0.160 e. The van der Waals surface area contributed by atoms with Gasteiger partial charge in [-0.25, -0.2) is 0 Å². The second kappa shape index (κ2) is 4.23. The maximum absolute atomic E-state index is 10.9. The Morgan fingerprint density at radius 3 is 2.30 bits per heavy atom. The number of hydrogen-bond acceptors (Lipinski definition) is 2. The fourth-order valence-corrected chi connectivity index (χ4v) is 0.554. The summed E-state index contributed by atoms with van der Waals surface area (Å²) < 4.78 is 0. The molecular formula is C8H14O2. The smallest absolute Gasteiger partial charge is 0.160 e. The van der Waals surface area contributed by atoms with Gasteiger partial charge in [0.25, 0.3) is 0 Å². The van der Waals surface area contributed by atoms with Gasteiger partial charge in [0.05, 0.1) is 6.10 Å². The van der Waals surface area contributed by atoms with Gasteiger partial charge in [0.1, 0.15) is 0 Å². The molecule has 1 N–H and O–H groups in total. The highest BCUT2D eigenvalue weighted by Gasteiger charge is 2.14. The van der Waals surface area contributed by atoms with Crippen molar-refractivity contribution in [3.8, 4) is 0 Å². The summed E-state index contributed by atoms with van der Waals surface area (Å²) in [6, 6.07) is 0. The van der Waals surface area contributed by atoms with Crippen LogP contribution in [0.2, 0.25) is 0 Å².